The molecular weight excluding hydrogens is 266 g/mol. The summed E-state index contributed by atoms with van der Waals surface area (Å²) in [5.74, 6) is 1.000. The van der Waals surface area contributed by atoms with Crippen LogP contribution in [0.3, 0.4) is 0 Å². The van der Waals surface area contributed by atoms with E-state index in [1.165, 1.54) is 6.20 Å². The number of aliphatic hydroxyl groups excluding tert-OH is 1. The average molecular weight is 281 g/mol. The van der Waals surface area contributed by atoms with Crippen molar-refractivity contribution in [1.82, 2.24) is 15.5 Å². The monoisotopic (exact) mass is 281 g/mol. The lowest BCUT2D eigenvalue weighted by molar-refractivity contribution is 0.0948. The molecule has 1 unspecified atom stereocenters. The molecule has 0 aromatic carbocycles. The molecule has 0 radical (unpaired) electrons. The number of aryl methyl sites for hydroxylation is 1. The van der Waals surface area contributed by atoms with Gasteiger partial charge in [0, 0.05) is 6.07 Å². The minimum atomic E-state index is -1.21. The second-order valence-corrected chi connectivity index (χ2v) is 4.29. The van der Waals surface area contributed by atoms with Gasteiger partial charge >= 0.3 is 6.09 Å². The molecule has 108 valence electrons. The maximum absolute atomic E-state index is 10.6. The fourth-order valence-corrected chi connectivity index (χ4v) is 1.76. The first-order valence-corrected chi connectivity index (χ1v) is 6.08. The second kappa shape index (κ2) is 5.74. The summed E-state index contributed by atoms with van der Waals surface area (Å²) in [4.78, 5) is 14.6. The number of aliphatic hydroxyl groups is 1. The van der Waals surface area contributed by atoms with Gasteiger partial charge in [-0.05, 0) is 13.3 Å². The van der Waals surface area contributed by atoms with Crippen molar-refractivity contribution in [3.05, 3.63) is 23.9 Å². The number of oxazole rings is 1. The van der Waals surface area contributed by atoms with Crippen LogP contribution in [0.2, 0.25) is 0 Å². The Labute approximate surface area is 114 Å². The highest BCUT2D eigenvalue weighted by molar-refractivity contribution is 5.64. The largest absolute Gasteiger partial charge is 0.465 e. The van der Waals surface area contributed by atoms with Crippen molar-refractivity contribution < 1.29 is 23.9 Å². The molecule has 8 nitrogen and oxygen atoms in total. The molecule has 0 saturated carbocycles. The number of carboxylic acid groups (broad SMARTS) is 1. The van der Waals surface area contributed by atoms with Gasteiger partial charge in [-0.15, -0.1) is 0 Å². The van der Waals surface area contributed by atoms with Crippen LogP contribution >= 0.6 is 0 Å². The van der Waals surface area contributed by atoms with E-state index in [0.717, 1.165) is 0 Å². The molecular formula is C12H15N3O5. The van der Waals surface area contributed by atoms with E-state index >= 15 is 0 Å². The smallest absolute Gasteiger partial charge is 0.404 e. The highest BCUT2D eigenvalue weighted by Gasteiger charge is 2.26. The van der Waals surface area contributed by atoms with Gasteiger partial charge < -0.3 is 24.5 Å². The third kappa shape index (κ3) is 2.97. The molecule has 3 N–H and O–H groups in total. The summed E-state index contributed by atoms with van der Waals surface area (Å²) in [6.07, 6.45) is -0.579. The van der Waals surface area contributed by atoms with E-state index in [2.05, 4.69) is 15.5 Å². The number of amides is 1. The van der Waals surface area contributed by atoms with Crippen molar-refractivity contribution >= 4 is 6.09 Å². The Balaban J connectivity index is 2.17. The number of nitrogens with one attached hydrogen (secondary N) is 1. The fraction of sp³-hybridized carbons (Fsp3) is 0.417. The van der Waals surface area contributed by atoms with Crippen LogP contribution in [0.25, 0.3) is 11.5 Å². The summed E-state index contributed by atoms with van der Waals surface area (Å²) in [5.41, 5.74) is 0.465. The van der Waals surface area contributed by atoms with Crippen molar-refractivity contribution in [2.45, 2.75) is 32.4 Å². The fourth-order valence-electron chi connectivity index (χ4n) is 1.76. The molecule has 0 saturated heterocycles. The SMILES string of the molecule is CC[C@H](NC(=O)O)C(O)c1ncc(-c2cc(C)on2)o1. The van der Waals surface area contributed by atoms with E-state index < -0.39 is 18.2 Å². The van der Waals surface area contributed by atoms with Crippen molar-refractivity contribution in [2.75, 3.05) is 0 Å². The molecule has 8 heteroatoms. The van der Waals surface area contributed by atoms with E-state index in [9.17, 15) is 9.90 Å². The van der Waals surface area contributed by atoms with E-state index in [-0.39, 0.29) is 5.89 Å². The molecule has 20 heavy (non-hydrogen) atoms. The molecule has 2 aromatic heterocycles. The molecule has 0 fully saturated rings. The van der Waals surface area contributed by atoms with Crippen LogP contribution < -0.4 is 5.32 Å². The van der Waals surface area contributed by atoms with Crippen molar-refractivity contribution in [2.24, 2.45) is 0 Å². The number of carbonyl (C=O) groups is 1. The molecule has 2 atom stereocenters. The predicted octanol–water partition coefficient (Wildman–Crippen LogP) is 1.72. The molecule has 1 amide bonds. The molecule has 0 aliphatic carbocycles. The summed E-state index contributed by atoms with van der Waals surface area (Å²) in [7, 11) is 0. The minimum absolute atomic E-state index is 0.0289. The topological polar surface area (TPSA) is 122 Å². The van der Waals surface area contributed by atoms with Crippen LogP contribution in [0.1, 0.15) is 31.1 Å². The number of rotatable bonds is 5. The number of hydrogen-bond acceptors (Lipinski definition) is 6. The lowest BCUT2D eigenvalue weighted by Gasteiger charge is -2.18. The van der Waals surface area contributed by atoms with Crippen LogP contribution in [0.4, 0.5) is 4.79 Å². The Morgan fingerprint density at radius 2 is 2.30 bits per heavy atom. The third-order valence-corrected chi connectivity index (χ3v) is 2.79. The highest BCUT2D eigenvalue weighted by atomic mass is 16.5. The minimum Gasteiger partial charge on any atom is -0.465 e. The predicted molar refractivity (Wildman–Crippen MR) is 66.9 cm³/mol. The molecule has 0 aliphatic rings. The average Bonchev–Trinajstić information content (AvgIpc) is 3.03. The molecule has 2 heterocycles. The summed E-state index contributed by atoms with van der Waals surface area (Å²) < 4.78 is 10.3. The first-order chi connectivity index (χ1) is 9.51. The van der Waals surface area contributed by atoms with Gasteiger partial charge in [0.1, 0.15) is 5.76 Å². The number of nitrogens with zero attached hydrogens (tertiary/aromatic N) is 2. The Bertz CT molecular complexity index is 591. The zero-order valence-corrected chi connectivity index (χ0v) is 11.0. The van der Waals surface area contributed by atoms with Crippen LogP contribution in [0.15, 0.2) is 21.2 Å². The first kappa shape index (κ1) is 14.1. The quantitative estimate of drug-likeness (QED) is 0.762. The van der Waals surface area contributed by atoms with Crippen molar-refractivity contribution in [1.29, 1.82) is 0 Å². The van der Waals surface area contributed by atoms with E-state index in [4.69, 9.17) is 14.0 Å². The summed E-state index contributed by atoms with van der Waals surface area (Å²) >= 11 is 0. The number of aromatic nitrogens is 2. The Hall–Kier alpha value is -2.35. The maximum atomic E-state index is 10.6. The molecule has 0 bridgehead atoms. The summed E-state index contributed by atoms with van der Waals surface area (Å²) in [6, 6.07) is 0.974. The Kier molecular flexibility index (Phi) is 4.04. The Morgan fingerprint density at radius 3 is 2.85 bits per heavy atom. The van der Waals surface area contributed by atoms with Gasteiger partial charge in [0.2, 0.25) is 5.89 Å². The van der Waals surface area contributed by atoms with Crippen LogP contribution in [0, 0.1) is 6.92 Å². The zero-order valence-electron chi connectivity index (χ0n) is 11.0. The second-order valence-electron chi connectivity index (χ2n) is 4.29. The third-order valence-electron chi connectivity index (χ3n) is 2.79. The van der Waals surface area contributed by atoms with Crippen LogP contribution in [-0.2, 0) is 0 Å². The molecule has 0 spiro atoms. The highest BCUT2D eigenvalue weighted by Crippen LogP contribution is 2.25. The van der Waals surface area contributed by atoms with Gasteiger partial charge in [-0.25, -0.2) is 9.78 Å². The zero-order chi connectivity index (χ0) is 14.7. The van der Waals surface area contributed by atoms with Crippen LogP contribution in [-0.4, -0.2) is 32.5 Å². The van der Waals surface area contributed by atoms with Gasteiger partial charge in [-0.3, -0.25) is 0 Å². The van der Waals surface area contributed by atoms with Gasteiger partial charge in [-0.2, -0.15) is 0 Å². The van der Waals surface area contributed by atoms with Crippen molar-refractivity contribution in [3.8, 4) is 11.5 Å². The normalized spacial score (nSPS) is 13.9. The van der Waals surface area contributed by atoms with Crippen LogP contribution in [0.5, 0.6) is 0 Å². The first-order valence-electron chi connectivity index (χ1n) is 6.08. The van der Waals surface area contributed by atoms with Gasteiger partial charge in [0.05, 0.1) is 12.2 Å². The van der Waals surface area contributed by atoms with E-state index in [1.807, 2.05) is 0 Å². The molecule has 0 aliphatic heterocycles. The summed E-state index contributed by atoms with van der Waals surface area (Å²) in [6.45, 7) is 3.49. The number of hydrogen-bond donors (Lipinski definition) is 3. The van der Waals surface area contributed by atoms with Gasteiger partial charge in [-0.1, -0.05) is 12.1 Å². The molecule has 2 rings (SSSR count). The maximum Gasteiger partial charge on any atom is 0.404 e. The van der Waals surface area contributed by atoms with E-state index in [0.29, 0.717) is 23.6 Å². The van der Waals surface area contributed by atoms with E-state index in [1.54, 1.807) is 19.9 Å². The van der Waals surface area contributed by atoms with Crippen molar-refractivity contribution in [3.63, 3.8) is 0 Å². The standard InChI is InChI=1S/C12H15N3O5/c1-3-7(14-12(17)18)10(16)11-13-5-9(19-11)8-4-6(2)20-15-8/h4-5,7,10,14,16H,3H2,1-2H3,(H,17,18)/t7-,10?/m0/s1. The van der Waals surface area contributed by atoms with Gasteiger partial charge in [0.15, 0.2) is 17.6 Å². The Morgan fingerprint density at radius 1 is 1.55 bits per heavy atom. The summed E-state index contributed by atoms with van der Waals surface area (Å²) in [5, 5.41) is 24.8. The molecule has 2 aromatic rings. The van der Waals surface area contributed by atoms with Gasteiger partial charge in [0.25, 0.3) is 0 Å². The lowest BCUT2D eigenvalue weighted by Crippen LogP contribution is -2.38. The lowest BCUT2D eigenvalue weighted by atomic mass is 10.1.